The predicted octanol–water partition coefficient (Wildman–Crippen LogP) is 4.72. The predicted molar refractivity (Wildman–Crippen MR) is 115 cm³/mol. The second-order valence-electron chi connectivity index (χ2n) is 6.45. The highest BCUT2D eigenvalue weighted by Crippen LogP contribution is 2.29. The average molecular weight is 406 g/mol. The number of rotatable bonds is 9. The van der Waals surface area contributed by atoms with Crippen molar-refractivity contribution in [2.75, 3.05) is 12.0 Å². The molecule has 30 heavy (non-hydrogen) atoms. The van der Waals surface area contributed by atoms with Gasteiger partial charge in [-0.3, -0.25) is 15.5 Å². The maximum atomic E-state index is 10.7. The van der Waals surface area contributed by atoms with Gasteiger partial charge in [0.1, 0.15) is 18.6 Å². The van der Waals surface area contributed by atoms with Gasteiger partial charge in [0.25, 0.3) is 5.69 Å². The lowest BCUT2D eigenvalue weighted by molar-refractivity contribution is -0.385. The molecule has 0 unspecified atom stereocenters. The molecule has 1 aromatic heterocycles. The smallest absolute Gasteiger partial charge is 0.287 e. The van der Waals surface area contributed by atoms with Gasteiger partial charge in [-0.05, 0) is 49.2 Å². The number of hydrazone groups is 1. The van der Waals surface area contributed by atoms with Gasteiger partial charge in [0.2, 0.25) is 0 Å². The van der Waals surface area contributed by atoms with Gasteiger partial charge in [-0.1, -0.05) is 29.8 Å². The number of nitrogens with zero attached hydrogens (tertiary/aromatic N) is 3. The molecule has 0 aliphatic carbocycles. The van der Waals surface area contributed by atoms with E-state index >= 15 is 0 Å². The van der Waals surface area contributed by atoms with Crippen molar-refractivity contribution in [3.05, 3.63) is 87.6 Å². The minimum atomic E-state index is -0.502. The summed E-state index contributed by atoms with van der Waals surface area (Å²) in [5.74, 6) is 1.68. The number of aromatic nitrogens is 1. The molecule has 0 amide bonds. The molecule has 8 heteroatoms. The Hall–Kier alpha value is -3.94. The molecule has 1 N–H and O–H groups in total. The number of aryl methyl sites for hydroxylation is 1. The van der Waals surface area contributed by atoms with Crippen LogP contribution in [0.4, 0.5) is 11.5 Å². The van der Waals surface area contributed by atoms with Crippen molar-refractivity contribution in [3.8, 4) is 11.5 Å². The van der Waals surface area contributed by atoms with Crippen LogP contribution in [0.3, 0.4) is 0 Å². The maximum absolute atomic E-state index is 10.7. The molecule has 1 heterocycles. The molecule has 0 radical (unpaired) electrons. The van der Waals surface area contributed by atoms with Crippen LogP contribution < -0.4 is 14.9 Å². The number of anilines is 1. The minimum Gasteiger partial charge on any atom is -0.490 e. The molecule has 0 atom stereocenters. The van der Waals surface area contributed by atoms with Crippen LogP contribution in [-0.4, -0.2) is 22.7 Å². The van der Waals surface area contributed by atoms with Crippen molar-refractivity contribution in [1.29, 1.82) is 0 Å². The summed E-state index contributed by atoms with van der Waals surface area (Å²) in [5, 5.41) is 14.8. The number of benzene rings is 2. The first-order valence-corrected chi connectivity index (χ1v) is 9.40. The molecule has 0 spiro atoms. The van der Waals surface area contributed by atoms with Crippen LogP contribution in [0.15, 0.2) is 65.9 Å². The van der Waals surface area contributed by atoms with E-state index in [1.54, 1.807) is 6.21 Å². The number of pyridine rings is 1. The summed E-state index contributed by atoms with van der Waals surface area (Å²) >= 11 is 0. The highest BCUT2D eigenvalue weighted by molar-refractivity contribution is 5.81. The fourth-order valence-corrected chi connectivity index (χ4v) is 2.69. The third-order valence-corrected chi connectivity index (χ3v) is 4.10. The lowest BCUT2D eigenvalue weighted by Crippen LogP contribution is -2.01. The summed E-state index contributed by atoms with van der Waals surface area (Å²) in [5.41, 5.74) is 5.73. The topological polar surface area (TPSA) is 98.9 Å². The second kappa shape index (κ2) is 10.0. The van der Waals surface area contributed by atoms with Gasteiger partial charge < -0.3 is 9.47 Å². The molecule has 0 aliphatic heterocycles. The highest BCUT2D eigenvalue weighted by Gasteiger charge is 2.07. The maximum Gasteiger partial charge on any atom is 0.287 e. The van der Waals surface area contributed by atoms with Crippen molar-refractivity contribution in [2.45, 2.75) is 20.5 Å². The highest BCUT2D eigenvalue weighted by atomic mass is 16.6. The first-order chi connectivity index (χ1) is 14.5. The van der Waals surface area contributed by atoms with Gasteiger partial charge in [0.15, 0.2) is 11.5 Å². The number of nitro groups is 1. The summed E-state index contributed by atoms with van der Waals surface area (Å²) in [6.45, 7) is 4.91. The second-order valence-corrected chi connectivity index (χ2v) is 6.45. The van der Waals surface area contributed by atoms with E-state index in [0.29, 0.717) is 30.5 Å². The first kappa shape index (κ1) is 20.8. The number of hydrogen-bond acceptors (Lipinski definition) is 7. The fraction of sp³-hybridized carbons (Fsp3) is 0.182. The Morgan fingerprint density at radius 1 is 1.13 bits per heavy atom. The summed E-state index contributed by atoms with van der Waals surface area (Å²) < 4.78 is 11.6. The van der Waals surface area contributed by atoms with Gasteiger partial charge in [0.05, 0.1) is 17.7 Å². The van der Waals surface area contributed by atoms with E-state index < -0.39 is 4.92 Å². The number of hydrogen-bond donors (Lipinski definition) is 1. The lowest BCUT2D eigenvalue weighted by atomic mass is 10.1. The normalized spacial score (nSPS) is 10.7. The number of ether oxygens (including phenoxy) is 2. The summed E-state index contributed by atoms with van der Waals surface area (Å²) in [4.78, 5) is 14.1. The number of nitrogens with one attached hydrogen (secondary N) is 1. The molecular formula is C22H22N4O4. The first-order valence-electron chi connectivity index (χ1n) is 9.40. The summed E-state index contributed by atoms with van der Waals surface area (Å²) in [6, 6.07) is 16.5. The fourth-order valence-electron chi connectivity index (χ4n) is 2.69. The van der Waals surface area contributed by atoms with E-state index in [9.17, 15) is 10.1 Å². The van der Waals surface area contributed by atoms with E-state index in [2.05, 4.69) is 21.6 Å². The van der Waals surface area contributed by atoms with E-state index in [1.807, 2.05) is 50.2 Å². The summed E-state index contributed by atoms with van der Waals surface area (Å²) in [6.07, 6.45) is 2.78. The van der Waals surface area contributed by atoms with Gasteiger partial charge >= 0.3 is 0 Å². The third-order valence-electron chi connectivity index (χ3n) is 4.10. The zero-order valence-electron chi connectivity index (χ0n) is 16.7. The molecule has 0 saturated heterocycles. The van der Waals surface area contributed by atoms with E-state index in [-0.39, 0.29) is 5.69 Å². The Labute approximate surface area is 174 Å². The van der Waals surface area contributed by atoms with Crippen LogP contribution in [0, 0.1) is 17.0 Å². The van der Waals surface area contributed by atoms with Gasteiger partial charge in [0, 0.05) is 6.07 Å². The Morgan fingerprint density at radius 2 is 2.00 bits per heavy atom. The Morgan fingerprint density at radius 3 is 2.70 bits per heavy atom. The Balaban J connectivity index is 1.66. The molecule has 3 aromatic rings. The standard InChI is InChI=1S/C22H22N4O4/c1-3-29-21-12-17(13-24-25-22-10-8-19(14-23-22)26(27)28)7-9-20(21)30-15-18-6-4-5-16(2)11-18/h4-14H,3,15H2,1-2H3,(H,23,25)/b24-13+. The van der Waals surface area contributed by atoms with Crippen molar-refractivity contribution in [1.82, 2.24) is 4.98 Å². The average Bonchev–Trinajstić information content (AvgIpc) is 2.74. The largest absolute Gasteiger partial charge is 0.490 e. The van der Waals surface area contributed by atoms with Crippen LogP contribution in [0.5, 0.6) is 11.5 Å². The van der Waals surface area contributed by atoms with Gasteiger partial charge in [-0.25, -0.2) is 4.98 Å². The molecule has 0 aliphatic rings. The monoisotopic (exact) mass is 406 g/mol. The van der Waals surface area contributed by atoms with Gasteiger partial charge in [-0.2, -0.15) is 5.10 Å². The molecular weight excluding hydrogens is 384 g/mol. The van der Waals surface area contributed by atoms with Crippen LogP contribution >= 0.6 is 0 Å². The molecule has 0 fully saturated rings. The lowest BCUT2D eigenvalue weighted by Gasteiger charge is -2.13. The van der Waals surface area contributed by atoms with Crippen LogP contribution in [0.1, 0.15) is 23.6 Å². The van der Waals surface area contributed by atoms with Gasteiger partial charge in [-0.15, -0.1) is 0 Å². The zero-order valence-corrected chi connectivity index (χ0v) is 16.7. The van der Waals surface area contributed by atoms with Crippen molar-refractivity contribution in [3.63, 3.8) is 0 Å². The Bertz CT molecular complexity index is 1040. The van der Waals surface area contributed by atoms with Crippen molar-refractivity contribution < 1.29 is 14.4 Å². The molecule has 0 bridgehead atoms. The van der Waals surface area contributed by atoms with Crippen LogP contribution in [0.25, 0.3) is 0 Å². The zero-order chi connectivity index (χ0) is 21.3. The SMILES string of the molecule is CCOc1cc(/C=N/Nc2ccc([N+](=O)[O-])cn2)ccc1OCc1cccc(C)c1. The molecule has 8 nitrogen and oxygen atoms in total. The van der Waals surface area contributed by atoms with Crippen molar-refractivity contribution >= 4 is 17.7 Å². The van der Waals surface area contributed by atoms with E-state index in [1.165, 1.54) is 23.9 Å². The molecule has 0 saturated carbocycles. The molecule has 154 valence electrons. The Kier molecular flexibility index (Phi) is 6.94. The van der Waals surface area contributed by atoms with E-state index in [4.69, 9.17) is 9.47 Å². The van der Waals surface area contributed by atoms with Crippen LogP contribution in [0.2, 0.25) is 0 Å². The van der Waals surface area contributed by atoms with E-state index in [0.717, 1.165) is 11.1 Å². The third kappa shape index (κ3) is 5.78. The van der Waals surface area contributed by atoms with Crippen molar-refractivity contribution in [2.24, 2.45) is 5.10 Å². The minimum absolute atomic E-state index is 0.0767. The molecule has 2 aromatic carbocycles. The quantitative estimate of drug-likeness (QED) is 0.314. The summed E-state index contributed by atoms with van der Waals surface area (Å²) in [7, 11) is 0. The van der Waals surface area contributed by atoms with Crippen LogP contribution in [-0.2, 0) is 6.61 Å². The molecule has 3 rings (SSSR count).